The fraction of sp³-hybridized carbons (Fsp3) is 0.562. The van der Waals surface area contributed by atoms with E-state index >= 15 is 0 Å². The second kappa shape index (κ2) is 5.83. The summed E-state index contributed by atoms with van der Waals surface area (Å²) in [6.07, 6.45) is 9.59. The summed E-state index contributed by atoms with van der Waals surface area (Å²) < 4.78 is 2.18. The number of nitrogens with zero attached hydrogens (tertiary/aromatic N) is 3. The minimum Gasteiger partial charge on any atom is -0.355 e. The van der Waals surface area contributed by atoms with Crippen molar-refractivity contribution in [3.63, 3.8) is 0 Å². The third-order valence-corrected chi connectivity index (χ3v) is 4.45. The third kappa shape index (κ3) is 2.40. The summed E-state index contributed by atoms with van der Waals surface area (Å²) in [6.45, 7) is 0.661. The molecule has 4 nitrogen and oxygen atoms in total. The Morgan fingerprint density at radius 3 is 2.85 bits per heavy atom. The standard InChI is InChI=1S/C16H24N4/c1-19(13-7-3-2-4-8-13)16-14(10-11-17)20-12-6-5-9-15(20)18-16/h5-6,9,12-13H,2-4,7-8,10-11,17H2,1H3. The molecule has 4 heteroatoms. The van der Waals surface area contributed by atoms with Crippen LogP contribution in [0.15, 0.2) is 24.4 Å². The van der Waals surface area contributed by atoms with Gasteiger partial charge in [0, 0.05) is 25.7 Å². The quantitative estimate of drug-likeness (QED) is 0.930. The zero-order valence-corrected chi connectivity index (χ0v) is 12.3. The summed E-state index contributed by atoms with van der Waals surface area (Å²) in [5.41, 5.74) is 8.07. The van der Waals surface area contributed by atoms with Crippen molar-refractivity contribution in [3.8, 4) is 0 Å². The van der Waals surface area contributed by atoms with Gasteiger partial charge in [0.15, 0.2) is 5.82 Å². The lowest BCUT2D eigenvalue weighted by Crippen LogP contribution is -2.34. The molecule has 0 aliphatic heterocycles. The van der Waals surface area contributed by atoms with Gasteiger partial charge in [-0.15, -0.1) is 0 Å². The molecule has 0 bridgehead atoms. The fourth-order valence-corrected chi connectivity index (χ4v) is 3.33. The molecule has 2 heterocycles. The van der Waals surface area contributed by atoms with Crippen LogP contribution in [0.5, 0.6) is 0 Å². The van der Waals surface area contributed by atoms with E-state index in [1.54, 1.807) is 0 Å². The number of hydrogen-bond donors (Lipinski definition) is 1. The highest BCUT2D eigenvalue weighted by molar-refractivity contribution is 5.56. The zero-order valence-electron chi connectivity index (χ0n) is 12.3. The molecule has 0 spiro atoms. The average molecular weight is 272 g/mol. The van der Waals surface area contributed by atoms with Gasteiger partial charge in [-0.3, -0.25) is 0 Å². The first-order chi connectivity index (χ1) is 9.81. The zero-order chi connectivity index (χ0) is 13.9. The van der Waals surface area contributed by atoms with Gasteiger partial charge >= 0.3 is 0 Å². The van der Waals surface area contributed by atoms with Crippen molar-refractivity contribution in [3.05, 3.63) is 30.1 Å². The topological polar surface area (TPSA) is 46.6 Å². The Morgan fingerprint density at radius 1 is 1.30 bits per heavy atom. The van der Waals surface area contributed by atoms with Gasteiger partial charge < -0.3 is 15.0 Å². The van der Waals surface area contributed by atoms with Crippen LogP contribution < -0.4 is 10.6 Å². The minimum absolute atomic E-state index is 0.630. The number of aromatic nitrogens is 2. The number of rotatable bonds is 4. The Labute approximate surface area is 120 Å². The van der Waals surface area contributed by atoms with E-state index in [0.717, 1.165) is 17.9 Å². The molecule has 0 atom stereocenters. The van der Waals surface area contributed by atoms with E-state index in [1.807, 2.05) is 6.07 Å². The van der Waals surface area contributed by atoms with Crippen LogP contribution in [-0.4, -0.2) is 29.0 Å². The van der Waals surface area contributed by atoms with Crippen molar-refractivity contribution in [2.75, 3.05) is 18.5 Å². The number of hydrogen-bond acceptors (Lipinski definition) is 3. The lowest BCUT2D eigenvalue weighted by Gasteiger charge is -2.32. The maximum atomic E-state index is 5.80. The number of anilines is 1. The van der Waals surface area contributed by atoms with Gasteiger partial charge in [-0.2, -0.15) is 0 Å². The van der Waals surface area contributed by atoms with Crippen molar-refractivity contribution in [1.29, 1.82) is 0 Å². The minimum atomic E-state index is 0.630. The Bertz CT molecular complexity index is 569. The fourth-order valence-electron chi connectivity index (χ4n) is 3.33. The van der Waals surface area contributed by atoms with Gasteiger partial charge in [0.05, 0.1) is 5.69 Å². The number of fused-ring (bicyclic) bond motifs is 1. The molecule has 0 saturated heterocycles. The van der Waals surface area contributed by atoms with Gasteiger partial charge in [-0.1, -0.05) is 25.3 Å². The van der Waals surface area contributed by atoms with Gasteiger partial charge in [0.25, 0.3) is 0 Å². The highest BCUT2D eigenvalue weighted by Crippen LogP contribution is 2.28. The van der Waals surface area contributed by atoms with Crippen molar-refractivity contribution in [2.24, 2.45) is 5.73 Å². The first kappa shape index (κ1) is 13.4. The van der Waals surface area contributed by atoms with E-state index in [9.17, 15) is 0 Å². The van der Waals surface area contributed by atoms with Crippen LogP contribution in [0.2, 0.25) is 0 Å². The van der Waals surface area contributed by atoms with Crippen LogP contribution >= 0.6 is 0 Å². The lowest BCUT2D eigenvalue weighted by molar-refractivity contribution is 0.425. The van der Waals surface area contributed by atoms with E-state index in [2.05, 4.69) is 34.7 Å². The summed E-state index contributed by atoms with van der Waals surface area (Å²) in [5.74, 6) is 1.12. The van der Waals surface area contributed by atoms with Gasteiger partial charge in [0.2, 0.25) is 0 Å². The number of pyridine rings is 1. The summed E-state index contributed by atoms with van der Waals surface area (Å²) in [7, 11) is 2.19. The van der Waals surface area contributed by atoms with Crippen molar-refractivity contribution in [1.82, 2.24) is 9.38 Å². The van der Waals surface area contributed by atoms with Crippen LogP contribution in [-0.2, 0) is 6.42 Å². The summed E-state index contributed by atoms with van der Waals surface area (Å²) in [6, 6.07) is 6.79. The third-order valence-electron chi connectivity index (χ3n) is 4.45. The largest absolute Gasteiger partial charge is 0.355 e. The average Bonchev–Trinajstić information content (AvgIpc) is 2.87. The predicted octanol–water partition coefficient (Wildman–Crippen LogP) is 2.60. The van der Waals surface area contributed by atoms with Crippen LogP contribution in [0.3, 0.4) is 0 Å². The molecule has 0 aromatic carbocycles. The molecule has 0 amide bonds. The molecule has 1 fully saturated rings. The normalized spacial score (nSPS) is 16.7. The Kier molecular flexibility index (Phi) is 3.92. The van der Waals surface area contributed by atoms with Crippen molar-refractivity contribution < 1.29 is 0 Å². The molecule has 0 radical (unpaired) electrons. The maximum absolute atomic E-state index is 5.80. The highest BCUT2D eigenvalue weighted by atomic mass is 15.2. The van der Waals surface area contributed by atoms with E-state index in [-0.39, 0.29) is 0 Å². The van der Waals surface area contributed by atoms with Crippen molar-refractivity contribution >= 4 is 11.5 Å². The van der Waals surface area contributed by atoms with E-state index in [4.69, 9.17) is 10.7 Å². The van der Waals surface area contributed by atoms with E-state index in [1.165, 1.54) is 37.8 Å². The monoisotopic (exact) mass is 272 g/mol. The molecular weight excluding hydrogens is 248 g/mol. The lowest BCUT2D eigenvalue weighted by atomic mass is 9.94. The maximum Gasteiger partial charge on any atom is 0.151 e. The summed E-state index contributed by atoms with van der Waals surface area (Å²) in [5, 5.41) is 0. The highest BCUT2D eigenvalue weighted by Gasteiger charge is 2.23. The number of nitrogens with two attached hydrogens (primary N) is 1. The molecule has 20 heavy (non-hydrogen) atoms. The van der Waals surface area contributed by atoms with Gasteiger partial charge in [-0.05, 0) is 31.5 Å². The summed E-state index contributed by atoms with van der Waals surface area (Å²) in [4.78, 5) is 7.23. The molecule has 1 aliphatic rings. The smallest absolute Gasteiger partial charge is 0.151 e. The second-order valence-electron chi connectivity index (χ2n) is 5.75. The Hall–Kier alpha value is -1.55. The molecule has 1 aliphatic carbocycles. The molecule has 3 rings (SSSR count). The molecule has 2 aromatic rings. The molecular formula is C16H24N4. The first-order valence-corrected chi connectivity index (χ1v) is 7.70. The van der Waals surface area contributed by atoms with Crippen LogP contribution in [0.4, 0.5) is 5.82 Å². The predicted molar refractivity (Wildman–Crippen MR) is 83.2 cm³/mol. The molecule has 2 aromatic heterocycles. The van der Waals surface area contributed by atoms with Crippen LogP contribution in [0.25, 0.3) is 5.65 Å². The summed E-state index contributed by atoms with van der Waals surface area (Å²) >= 11 is 0. The number of imidazole rings is 1. The second-order valence-corrected chi connectivity index (χ2v) is 5.75. The first-order valence-electron chi connectivity index (χ1n) is 7.70. The molecule has 1 saturated carbocycles. The molecule has 0 unspecified atom stereocenters. The SMILES string of the molecule is CN(c1nc2ccccn2c1CCN)C1CCCCC1. The van der Waals surface area contributed by atoms with Crippen molar-refractivity contribution in [2.45, 2.75) is 44.6 Å². The van der Waals surface area contributed by atoms with Gasteiger partial charge in [0.1, 0.15) is 5.65 Å². The van der Waals surface area contributed by atoms with E-state index < -0.39 is 0 Å². The van der Waals surface area contributed by atoms with Crippen LogP contribution in [0.1, 0.15) is 37.8 Å². The Morgan fingerprint density at radius 2 is 2.10 bits per heavy atom. The van der Waals surface area contributed by atoms with Crippen LogP contribution in [0, 0.1) is 0 Å². The molecule has 2 N–H and O–H groups in total. The van der Waals surface area contributed by atoms with E-state index in [0.29, 0.717) is 12.6 Å². The Balaban J connectivity index is 1.98. The molecule has 108 valence electrons. The van der Waals surface area contributed by atoms with Gasteiger partial charge in [-0.25, -0.2) is 4.98 Å².